The Morgan fingerprint density at radius 1 is 1.30 bits per heavy atom. The summed E-state index contributed by atoms with van der Waals surface area (Å²) in [5, 5.41) is 8.24. The van der Waals surface area contributed by atoms with E-state index in [1.807, 2.05) is 37.3 Å². The highest BCUT2D eigenvalue weighted by molar-refractivity contribution is 7.05. The van der Waals surface area contributed by atoms with Gasteiger partial charge < -0.3 is 4.52 Å². The summed E-state index contributed by atoms with van der Waals surface area (Å²) in [6.45, 7) is 3.88. The van der Waals surface area contributed by atoms with Crippen LogP contribution in [0.2, 0.25) is 0 Å². The number of likely N-dealkylation sites (tertiary alicyclic amines) is 1. The van der Waals surface area contributed by atoms with Crippen molar-refractivity contribution in [1.82, 2.24) is 24.6 Å². The third-order valence-electron chi connectivity index (χ3n) is 4.21. The SMILES string of the molecule is Cc1nnsc1CN1CCC[C@@H]1c1nc(-c2ccccc2)no1. The fourth-order valence-corrected chi connectivity index (χ4v) is 3.61. The van der Waals surface area contributed by atoms with E-state index in [-0.39, 0.29) is 6.04 Å². The Hall–Kier alpha value is -2.12. The van der Waals surface area contributed by atoms with Crippen LogP contribution in [0.5, 0.6) is 0 Å². The van der Waals surface area contributed by atoms with Gasteiger partial charge in [-0.2, -0.15) is 4.98 Å². The van der Waals surface area contributed by atoms with E-state index < -0.39 is 0 Å². The Morgan fingerprint density at radius 3 is 2.96 bits per heavy atom. The van der Waals surface area contributed by atoms with Crippen LogP contribution in [0.3, 0.4) is 0 Å². The predicted octanol–water partition coefficient (Wildman–Crippen LogP) is 3.23. The molecule has 1 aliphatic heterocycles. The summed E-state index contributed by atoms with van der Waals surface area (Å²) in [6.07, 6.45) is 2.18. The summed E-state index contributed by atoms with van der Waals surface area (Å²) in [5.74, 6) is 1.36. The van der Waals surface area contributed by atoms with E-state index in [2.05, 4.69) is 24.6 Å². The number of aryl methyl sites for hydroxylation is 1. The van der Waals surface area contributed by atoms with E-state index in [9.17, 15) is 0 Å². The molecular weight excluding hydrogens is 310 g/mol. The first kappa shape index (κ1) is 14.5. The number of rotatable bonds is 4. The van der Waals surface area contributed by atoms with Gasteiger partial charge in [-0.1, -0.05) is 40.0 Å². The van der Waals surface area contributed by atoms with E-state index in [0.717, 1.165) is 37.2 Å². The second kappa shape index (κ2) is 6.17. The van der Waals surface area contributed by atoms with Crippen molar-refractivity contribution in [3.05, 3.63) is 46.8 Å². The molecule has 3 aromatic rings. The number of benzene rings is 1. The van der Waals surface area contributed by atoms with Crippen LogP contribution in [0.4, 0.5) is 0 Å². The molecule has 1 aliphatic rings. The van der Waals surface area contributed by atoms with Gasteiger partial charge >= 0.3 is 0 Å². The predicted molar refractivity (Wildman–Crippen MR) is 86.8 cm³/mol. The highest BCUT2D eigenvalue weighted by Crippen LogP contribution is 2.33. The van der Waals surface area contributed by atoms with E-state index >= 15 is 0 Å². The third kappa shape index (κ3) is 2.89. The standard InChI is InChI=1S/C16H17N5OS/c1-11-14(23-20-18-11)10-21-9-5-8-13(21)16-17-15(19-22-16)12-6-3-2-4-7-12/h2-4,6-7,13H,5,8-10H2,1H3/t13-/m1/s1. The summed E-state index contributed by atoms with van der Waals surface area (Å²) in [6, 6.07) is 10.1. The van der Waals surface area contributed by atoms with Crippen molar-refractivity contribution in [2.45, 2.75) is 32.4 Å². The summed E-state index contributed by atoms with van der Waals surface area (Å²) < 4.78 is 9.57. The molecule has 0 bridgehead atoms. The average Bonchev–Trinajstić information content (AvgIpc) is 3.30. The van der Waals surface area contributed by atoms with E-state index in [0.29, 0.717) is 11.7 Å². The molecule has 0 unspecified atom stereocenters. The average molecular weight is 327 g/mol. The number of nitrogens with zero attached hydrogens (tertiary/aromatic N) is 5. The van der Waals surface area contributed by atoms with Crippen molar-refractivity contribution < 1.29 is 4.52 Å². The van der Waals surface area contributed by atoms with Gasteiger partial charge in [-0.05, 0) is 37.8 Å². The Morgan fingerprint density at radius 2 is 2.17 bits per heavy atom. The number of hydrogen-bond acceptors (Lipinski definition) is 7. The van der Waals surface area contributed by atoms with Crippen LogP contribution in [0.15, 0.2) is 34.9 Å². The lowest BCUT2D eigenvalue weighted by Gasteiger charge is -2.20. The maximum atomic E-state index is 5.55. The minimum absolute atomic E-state index is 0.182. The zero-order chi connectivity index (χ0) is 15.6. The quantitative estimate of drug-likeness (QED) is 0.733. The Kier molecular flexibility index (Phi) is 3.88. The van der Waals surface area contributed by atoms with E-state index in [1.54, 1.807) is 0 Å². The maximum absolute atomic E-state index is 5.55. The molecule has 0 N–H and O–H groups in total. The molecule has 3 heterocycles. The zero-order valence-electron chi connectivity index (χ0n) is 12.8. The van der Waals surface area contributed by atoms with Crippen LogP contribution in [-0.2, 0) is 6.54 Å². The molecular formula is C16H17N5OS. The highest BCUT2D eigenvalue weighted by atomic mass is 32.1. The number of hydrogen-bond donors (Lipinski definition) is 0. The van der Waals surface area contributed by atoms with Gasteiger partial charge in [0.15, 0.2) is 0 Å². The van der Waals surface area contributed by atoms with Crippen molar-refractivity contribution in [2.24, 2.45) is 0 Å². The molecule has 6 nitrogen and oxygen atoms in total. The molecule has 1 aromatic carbocycles. The molecule has 1 saturated heterocycles. The highest BCUT2D eigenvalue weighted by Gasteiger charge is 2.31. The van der Waals surface area contributed by atoms with E-state index in [4.69, 9.17) is 4.52 Å². The van der Waals surface area contributed by atoms with Crippen LogP contribution in [0.25, 0.3) is 11.4 Å². The minimum Gasteiger partial charge on any atom is -0.337 e. The normalized spacial score (nSPS) is 18.6. The maximum Gasteiger partial charge on any atom is 0.244 e. The molecule has 0 radical (unpaired) electrons. The summed E-state index contributed by atoms with van der Waals surface area (Å²) in [7, 11) is 0. The molecule has 4 rings (SSSR count). The lowest BCUT2D eigenvalue weighted by Crippen LogP contribution is -2.22. The van der Waals surface area contributed by atoms with Crippen LogP contribution in [0, 0.1) is 6.92 Å². The van der Waals surface area contributed by atoms with Crippen molar-refractivity contribution in [3.63, 3.8) is 0 Å². The molecule has 2 aromatic heterocycles. The van der Waals surface area contributed by atoms with Gasteiger partial charge in [0.25, 0.3) is 0 Å². The van der Waals surface area contributed by atoms with Crippen molar-refractivity contribution >= 4 is 11.5 Å². The van der Waals surface area contributed by atoms with Gasteiger partial charge in [-0.25, -0.2) is 0 Å². The summed E-state index contributed by atoms with van der Waals surface area (Å²) in [5.41, 5.74) is 1.99. The molecule has 118 valence electrons. The van der Waals surface area contributed by atoms with Crippen molar-refractivity contribution in [2.75, 3.05) is 6.54 Å². The van der Waals surface area contributed by atoms with Gasteiger partial charge in [0, 0.05) is 12.1 Å². The fourth-order valence-electron chi connectivity index (χ4n) is 2.95. The zero-order valence-corrected chi connectivity index (χ0v) is 13.7. The molecule has 1 atom stereocenters. The van der Waals surface area contributed by atoms with Crippen molar-refractivity contribution in [1.29, 1.82) is 0 Å². The van der Waals surface area contributed by atoms with Gasteiger partial charge in [0.05, 0.1) is 16.6 Å². The van der Waals surface area contributed by atoms with Crippen LogP contribution >= 0.6 is 11.5 Å². The van der Waals surface area contributed by atoms with Gasteiger partial charge in [-0.3, -0.25) is 4.90 Å². The first-order valence-electron chi connectivity index (χ1n) is 7.72. The van der Waals surface area contributed by atoms with Crippen LogP contribution in [-0.4, -0.2) is 31.2 Å². The first-order valence-corrected chi connectivity index (χ1v) is 8.49. The lowest BCUT2D eigenvalue weighted by atomic mass is 10.2. The summed E-state index contributed by atoms with van der Waals surface area (Å²) in [4.78, 5) is 8.20. The number of aromatic nitrogens is 4. The molecule has 0 spiro atoms. The molecule has 0 saturated carbocycles. The van der Waals surface area contributed by atoms with Crippen LogP contribution in [0.1, 0.15) is 35.3 Å². The molecule has 0 amide bonds. The van der Waals surface area contributed by atoms with Gasteiger partial charge in [0.2, 0.25) is 11.7 Å². The second-order valence-electron chi connectivity index (χ2n) is 5.73. The minimum atomic E-state index is 0.182. The topological polar surface area (TPSA) is 67.9 Å². The fraction of sp³-hybridized carbons (Fsp3) is 0.375. The Bertz CT molecular complexity index is 785. The molecule has 7 heteroatoms. The largest absolute Gasteiger partial charge is 0.337 e. The Labute approximate surface area is 138 Å². The van der Waals surface area contributed by atoms with Gasteiger partial charge in [0.1, 0.15) is 0 Å². The Balaban J connectivity index is 1.55. The van der Waals surface area contributed by atoms with Crippen LogP contribution < -0.4 is 0 Å². The van der Waals surface area contributed by atoms with Crippen molar-refractivity contribution in [3.8, 4) is 11.4 Å². The third-order valence-corrected chi connectivity index (χ3v) is 5.02. The molecule has 23 heavy (non-hydrogen) atoms. The first-order chi connectivity index (χ1) is 11.3. The molecule has 1 fully saturated rings. The monoisotopic (exact) mass is 327 g/mol. The van der Waals surface area contributed by atoms with E-state index in [1.165, 1.54) is 16.4 Å². The lowest BCUT2D eigenvalue weighted by molar-refractivity contribution is 0.202. The summed E-state index contributed by atoms with van der Waals surface area (Å²) >= 11 is 1.47. The smallest absolute Gasteiger partial charge is 0.244 e. The second-order valence-corrected chi connectivity index (χ2v) is 6.57. The molecule has 0 aliphatic carbocycles. The van der Waals surface area contributed by atoms with Gasteiger partial charge in [-0.15, -0.1) is 5.10 Å².